The van der Waals surface area contributed by atoms with Crippen LogP contribution in [0.15, 0.2) is 44.3 Å². The second-order valence-electron chi connectivity index (χ2n) is 3.67. The molecule has 0 bridgehead atoms. The molecule has 0 unspecified atom stereocenters. The molecule has 0 radical (unpaired) electrons. The fourth-order valence-electron chi connectivity index (χ4n) is 1.33. The number of hydrogen-bond acceptors (Lipinski definition) is 3. The molecule has 20 heavy (non-hydrogen) atoms. The van der Waals surface area contributed by atoms with Crippen LogP contribution in [-0.4, -0.2) is 13.4 Å². The second-order valence-corrected chi connectivity index (χ2v) is 7.89. The lowest BCUT2D eigenvalue weighted by Gasteiger charge is -2.10. The first-order valence-electron chi connectivity index (χ1n) is 5.08. The van der Waals surface area contributed by atoms with E-state index < -0.39 is 10.0 Å². The van der Waals surface area contributed by atoms with Gasteiger partial charge in [-0.2, -0.15) is 0 Å². The fraction of sp³-hybridized carbons (Fsp3) is 0. The molecule has 1 aromatic heterocycles. The first-order chi connectivity index (χ1) is 9.29. The Morgan fingerprint density at radius 3 is 2.50 bits per heavy atom. The van der Waals surface area contributed by atoms with E-state index >= 15 is 0 Å². The molecule has 0 fully saturated rings. The molecule has 1 aromatic carbocycles. The smallest absolute Gasteiger partial charge is 0.263 e. The first-order valence-corrected chi connectivity index (χ1v) is 8.91. The lowest BCUT2D eigenvalue weighted by Crippen LogP contribution is -2.13. The van der Waals surface area contributed by atoms with Gasteiger partial charge in [0.1, 0.15) is 10.0 Å². The van der Waals surface area contributed by atoms with E-state index in [4.69, 9.17) is 23.2 Å². The molecule has 0 saturated heterocycles. The van der Waals surface area contributed by atoms with Gasteiger partial charge in [0.05, 0.1) is 10.7 Å². The zero-order valence-electron chi connectivity index (χ0n) is 9.57. The molecule has 9 heteroatoms. The van der Waals surface area contributed by atoms with Crippen molar-refractivity contribution in [3.05, 3.63) is 49.6 Å². The molecule has 0 amide bonds. The van der Waals surface area contributed by atoms with Crippen LogP contribution in [-0.2, 0) is 10.0 Å². The van der Waals surface area contributed by atoms with Crippen LogP contribution >= 0.6 is 55.1 Å². The largest absolute Gasteiger partial charge is 0.278 e. The minimum Gasteiger partial charge on any atom is -0.278 e. The SMILES string of the molecule is O=S(=O)(Nc1cc(Br)ccc1Br)c1cnc(Cl)c(Cl)c1. The van der Waals surface area contributed by atoms with Gasteiger partial charge >= 0.3 is 0 Å². The molecule has 2 rings (SSSR count). The number of pyridine rings is 1. The number of rotatable bonds is 3. The first kappa shape index (κ1) is 16.0. The van der Waals surface area contributed by atoms with Crippen LogP contribution in [0, 0.1) is 0 Å². The van der Waals surface area contributed by atoms with Gasteiger partial charge in [-0.3, -0.25) is 4.72 Å². The number of benzene rings is 1. The highest BCUT2D eigenvalue weighted by molar-refractivity contribution is 9.11. The monoisotopic (exact) mass is 458 g/mol. The molecular weight excluding hydrogens is 455 g/mol. The van der Waals surface area contributed by atoms with Crippen molar-refractivity contribution in [2.45, 2.75) is 4.90 Å². The Morgan fingerprint density at radius 2 is 1.85 bits per heavy atom. The van der Waals surface area contributed by atoms with E-state index in [9.17, 15) is 8.42 Å². The number of nitrogens with one attached hydrogen (secondary N) is 1. The molecule has 0 saturated carbocycles. The number of halogens is 4. The van der Waals surface area contributed by atoms with Crippen LogP contribution in [0.5, 0.6) is 0 Å². The topological polar surface area (TPSA) is 59.1 Å². The maximum atomic E-state index is 12.2. The van der Waals surface area contributed by atoms with E-state index in [0.717, 1.165) is 10.7 Å². The molecule has 0 aliphatic carbocycles. The number of anilines is 1. The summed E-state index contributed by atoms with van der Waals surface area (Å²) >= 11 is 18.0. The number of sulfonamides is 1. The quantitative estimate of drug-likeness (QED) is 0.674. The van der Waals surface area contributed by atoms with Gasteiger partial charge in [0, 0.05) is 15.1 Å². The molecule has 106 valence electrons. The molecule has 4 nitrogen and oxygen atoms in total. The molecule has 2 aromatic rings. The number of nitrogens with zero attached hydrogens (tertiary/aromatic N) is 1. The Labute approximate surface area is 142 Å². The summed E-state index contributed by atoms with van der Waals surface area (Å²) in [6, 6.07) is 6.37. The van der Waals surface area contributed by atoms with Crippen LogP contribution in [0.1, 0.15) is 0 Å². The zero-order chi connectivity index (χ0) is 14.9. The van der Waals surface area contributed by atoms with E-state index in [1.54, 1.807) is 18.2 Å². The van der Waals surface area contributed by atoms with Gasteiger partial charge in [-0.1, -0.05) is 39.1 Å². The van der Waals surface area contributed by atoms with Crippen LogP contribution in [0.2, 0.25) is 10.2 Å². The Bertz CT molecular complexity index is 769. The third-order valence-corrected chi connectivity index (χ3v) is 5.46. The maximum absolute atomic E-state index is 12.2. The summed E-state index contributed by atoms with van der Waals surface area (Å²) in [5.74, 6) is 0. The summed E-state index contributed by atoms with van der Waals surface area (Å²) < 4.78 is 28.3. The van der Waals surface area contributed by atoms with Crippen molar-refractivity contribution in [3.8, 4) is 0 Å². The summed E-state index contributed by atoms with van der Waals surface area (Å²) in [5, 5.41) is 0.122. The third kappa shape index (κ3) is 3.65. The highest BCUT2D eigenvalue weighted by Crippen LogP contribution is 2.29. The van der Waals surface area contributed by atoms with Crippen LogP contribution < -0.4 is 4.72 Å². The van der Waals surface area contributed by atoms with Gasteiger partial charge in [0.25, 0.3) is 10.0 Å². The lowest BCUT2D eigenvalue weighted by atomic mass is 10.3. The van der Waals surface area contributed by atoms with Gasteiger partial charge in [-0.25, -0.2) is 13.4 Å². The van der Waals surface area contributed by atoms with Crippen LogP contribution in [0.25, 0.3) is 0 Å². The summed E-state index contributed by atoms with van der Waals surface area (Å²) in [5.41, 5.74) is 0.394. The maximum Gasteiger partial charge on any atom is 0.263 e. The Kier molecular flexibility index (Phi) is 4.96. The van der Waals surface area contributed by atoms with E-state index in [0.29, 0.717) is 10.2 Å². The average molecular weight is 461 g/mol. The average Bonchev–Trinajstić information content (AvgIpc) is 2.36. The minimum absolute atomic E-state index is 0.0502. The molecule has 0 aliphatic rings. The third-order valence-electron chi connectivity index (χ3n) is 2.25. The molecule has 0 spiro atoms. The Balaban J connectivity index is 2.40. The molecule has 1 N–H and O–H groups in total. The predicted molar refractivity (Wildman–Crippen MR) is 86.9 cm³/mol. The number of hydrogen-bond donors (Lipinski definition) is 1. The normalized spacial score (nSPS) is 11.4. The zero-order valence-corrected chi connectivity index (χ0v) is 15.1. The van der Waals surface area contributed by atoms with E-state index in [-0.39, 0.29) is 15.1 Å². The van der Waals surface area contributed by atoms with Crippen molar-refractivity contribution in [3.63, 3.8) is 0 Å². The molecule has 1 heterocycles. The van der Waals surface area contributed by atoms with Crippen molar-refractivity contribution in [1.29, 1.82) is 0 Å². The molecule has 0 atom stereocenters. The van der Waals surface area contributed by atoms with Crippen molar-refractivity contribution in [2.24, 2.45) is 0 Å². The summed E-state index contributed by atoms with van der Waals surface area (Å²) in [7, 11) is -3.80. The van der Waals surface area contributed by atoms with Gasteiger partial charge in [-0.15, -0.1) is 0 Å². The molecule has 0 aliphatic heterocycles. The van der Waals surface area contributed by atoms with Crippen molar-refractivity contribution in [1.82, 2.24) is 4.98 Å². The van der Waals surface area contributed by atoms with Crippen LogP contribution in [0.4, 0.5) is 5.69 Å². The van der Waals surface area contributed by atoms with Crippen molar-refractivity contribution < 1.29 is 8.42 Å². The Morgan fingerprint density at radius 1 is 1.15 bits per heavy atom. The van der Waals surface area contributed by atoms with Gasteiger partial charge in [0.2, 0.25) is 0 Å². The van der Waals surface area contributed by atoms with Gasteiger partial charge < -0.3 is 0 Å². The van der Waals surface area contributed by atoms with E-state index in [2.05, 4.69) is 41.6 Å². The van der Waals surface area contributed by atoms with E-state index in [1.807, 2.05) is 0 Å². The van der Waals surface area contributed by atoms with Gasteiger partial charge in [-0.05, 0) is 40.2 Å². The van der Waals surface area contributed by atoms with E-state index in [1.165, 1.54) is 6.07 Å². The predicted octanol–water partition coefficient (Wildman–Crippen LogP) is 4.71. The summed E-state index contributed by atoms with van der Waals surface area (Å²) in [4.78, 5) is 3.65. The molecular formula is C11H6Br2Cl2N2O2S. The van der Waals surface area contributed by atoms with Gasteiger partial charge in [0.15, 0.2) is 0 Å². The highest BCUT2D eigenvalue weighted by atomic mass is 79.9. The van der Waals surface area contributed by atoms with Crippen molar-refractivity contribution in [2.75, 3.05) is 4.72 Å². The summed E-state index contributed by atoms with van der Waals surface area (Å²) in [6.45, 7) is 0. The Hall–Kier alpha value is -0.340. The standard InChI is InChI=1S/C11H6Br2Cl2N2O2S/c12-6-1-2-8(13)10(3-6)17-20(18,19)7-4-9(14)11(15)16-5-7/h1-5,17H. The summed E-state index contributed by atoms with van der Waals surface area (Å²) in [6.07, 6.45) is 1.14. The lowest BCUT2D eigenvalue weighted by molar-refractivity contribution is 0.601. The second kappa shape index (κ2) is 6.19. The highest BCUT2D eigenvalue weighted by Gasteiger charge is 2.17. The minimum atomic E-state index is -3.80. The number of aromatic nitrogens is 1. The fourth-order valence-corrected chi connectivity index (χ4v) is 3.54. The van der Waals surface area contributed by atoms with Crippen molar-refractivity contribution >= 4 is 70.8 Å². The van der Waals surface area contributed by atoms with Crippen LogP contribution in [0.3, 0.4) is 0 Å².